The third kappa shape index (κ3) is 20.4. The molecule has 30 aliphatic rings. The second kappa shape index (κ2) is 46.1. The molecule has 0 aliphatic carbocycles. The van der Waals surface area contributed by atoms with E-state index in [1.807, 2.05) is 0 Å². The summed E-state index contributed by atoms with van der Waals surface area (Å²) < 4.78 is 249. The molecule has 0 N–H and O–H groups in total. The lowest BCUT2D eigenvalue weighted by Crippen LogP contribution is -2.70. The van der Waals surface area contributed by atoms with Crippen molar-refractivity contribution in [3.63, 3.8) is 0 Å². The van der Waals surface area contributed by atoms with E-state index in [-0.39, 0.29) is 39.6 Å². The van der Waals surface area contributed by atoms with E-state index in [0.717, 1.165) is 0 Å². The van der Waals surface area contributed by atoms with Gasteiger partial charge in [-0.2, -0.15) is 0 Å². The second-order valence-electron chi connectivity index (χ2n) is 27.4. The number of halogens is 2. The summed E-state index contributed by atoms with van der Waals surface area (Å²) in [7, 11) is 33.4. The van der Waals surface area contributed by atoms with Gasteiger partial charge in [0.25, 0.3) is 0 Å². The molecule has 16 bridgehead atoms. The first-order valence-electron chi connectivity index (χ1n) is 36.5. The van der Waals surface area contributed by atoms with Crippen molar-refractivity contribution in [2.75, 3.05) is 205 Å². The van der Waals surface area contributed by atoms with Crippen molar-refractivity contribution in [1.82, 2.24) is 0 Å². The summed E-state index contributed by atoms with van der Waals surface area (Å²) in [5.74, 6) is 0. The molecule has 30 rings (SSSR count). The summed E-state index contributed by atoms with van der Waals surface area (Å²) in [6.07, 6.45) is -40.2. The molecule has 30 aliphatic heterocycles. The van der Waals surface area contributed by atoms with Crippen molar-refractivity contribution >= 4 is 45.2 Å². The van der Waals surface area contributed by atoms with Gasteiger partial charge in [-0.3, -0.25) is 0 Å². The van der Waals surface area contributed by atoms with Crippen LogP contribution >= 0.6 is 45.2 Å². The van der Waals surface area contributed by atoms with E-state index in [0.29, 0.717) is 8.86 Å². The summed E-state index contributed by atoms with van der Waals surface area (Å²) in [5, 5.41) is 0. The smallest absolute Gasteiger partial charge is 0.187 e. The Morgan fingerprint density at radius 3 is 0.364 bits per heavy atom. The van der Waals surface area contributed by atoms with Crippen molar-refractivity contribution in [1.29, 1.82) is 0 Å². The highest BCUT2D eigenvalue weighted by Gasteiger charge is 2.63. The molecule has 30 heterocycles. The average Bonchev–Trinajstić information content (AvgIpc) is 0.763. The van der Waals surface area contributed by atoms with Crippen molar-refractivity contribution in [3.05, 3.63) is 0 Å². The molecule has 644 valence electrons. The summed E-state index contributed by atoms with van der Waals surface area (Å²) in [6, 6.07) is 0. The number of methoxy groups -OCH3 is 22. The molecular formula is C70H122I2O38. The Morgan fingerprint density at radius 2 is 0.264 bits per heavy atom. The van der Waals surface area contributed by atoms with Gasteiger partial charge in [0.05, 0.1) is 51.8 Å². The number of rotatable bonds is 30. The highest BCUT2D eigenvalue weighted by Crippen LogP contribution is 2.44. The summed E-state index contributed by atoms with van der Waals surface area (Å²) >= 11 is 4.44. The predicted octanol–water partition coefficient (Wildman–Crippen LogP) is -0.131. The van der Waals surface area contributed by atoms with Gasteiger partial charge >= 0.3 is 0 Å². The van der Waals surface area contributed by atoms with Crippen LogP contribution in [0.3, 0.4) is 0 Å². The minimum atomic E-state index is -1.23. The van der Waals surface area contributed by atoms with Gasteiger partial charge in [0.15, 0.2) is 50.3 Å². The lowest BCUT2D eigenvalue weighted by molar-refractivity contribution is -0.408. The lowest BCUT2D eigenvalue weighted by Gasteiger charge is -2.53. The zero-order chi connectivity index (χ0) is 79.6. The monoisotopic (exact) mass is 1820 g/mol. The maximum atomic E-state index is 7.09. The first-order chi connectivity index (χ1) is 53.5. The van der Waals surface area contributed by atoms with Crippen LogP contribution in [0.2, 0.25) is 0 Å². The Hall–Kier alpha value is -0.0600. The first kappa shape index (κ1) is 93.8. The van der Waals surface area contributed by atoms with Gasteiger partial charge in [-0.15, -0.1) is 0 Å². The topological polar surface area (TPSA) is 351 Å². The van der Waals surface area contributed by atoms with Crippen LogP contribution < -0.4 is 0 Å². The zero-order valence-corrected chi connectivity index (χ0v) is 71.3. The van der Waals surface area contributed by atoms with Gasteiger partial charge in [0.1, 0.15) is 183 Å². The Bertz CT molecular complexity index is 2390. The molecule has 30 saturated heterocycles. The molecular weight excluding hydrogens is 1700 g/mol. The quantitative estimate of drug-likeness (QED) is 0.0668. The van der Waals surface area contributed by atoms with Crippen LogP contribution in [0.15, 0.2) is 0 Å². The summed E-state index contributed by atoms with van der Waals surface area (Å²) in [4.78, 5) is 0. The van der Waals surface area contributed by atoms with Gasteiger partial charge in [-0.05, 0) is 0 Å². The third-order valence-corrected chi connectivity index (χ3v) is 23.4. The molecule has 30 fully saturated rings. The standard InChI is InChI=1S/C70H122I2O38/c1-73-25-33-41-49(81-9)59(91-19)67(99-33)109-45-37(29-77-5)101-69(61(93-21)53(45)85-13)107-43-35(27-75-3)98-66(58(90-18)51(43)83-11)104-40-32(24-72)96-64(56(88-16)48(40)80-8)106-42-34(26-74-2)100-68(60(92-20)50(42)82-10)110-46-38(30-78-6)102-70(62(94-22)54(46)86-14)108-44-36(28-76-4)97-65(57(89-17)52(44)84-12)103-39-31(23-71)95-63(105-41)55(87-15)47(39)79-7/h31-70H,23-30H2,1-22H3/t31-,32-,33-,34-,35-,36-,37-,38-,39-,40-,41-,42-,43-,44-,45-,46-,47+,48+,49+,50+,51+,52+,53+,54+,55-,56-,57-,58-,59-,60-,61-,62-,63-,64-,65-,66-,67-,68-,69-,70-/m1/s1. The van der Waals surface area contributed by atoms with Gasteiger partial charge in [0.2, 0.25) is 0 Å². The van der Waals surface area contributed by atoms with E-state index in [9.17, 15) is 0 Å². The molecule has 0 radical (unpaired) electrons. The van der Waals surface area contributed by atoms with E-state index in [1.54, 1.807) is 0 Å². The van der Waals surface area contributed by atoms with E-state index in [4.69, 9.17) is 180 Å². The van der Waals surface area contributed by atoms with E-state index < -0.39 is 246 Å². The first-order valence-corrected chi connectivity index (χ1v) is 39.5. The molecule has 0 aromatic carbocycles. The second-order valence-corrected chi connectivity index (χ2v) is 29.2. The van der Waals surface area contributed by atoms with Crippen LogP contribution in [0.1, 0.15) is 0 Å². The zero-order valence-electron chi connectivity index (χ0n) is 67.0. The molecule has 40 heteroatoms. The maximum absolute atomic E-state index is 7.09. The Morgan fingerprint density at radius 1 is 0.155 bits per heavy atom. The van der Waals surface area contributed by atoms with Crippen molar-refractivity contribution in [2.45, 2.75) is 246 Å². The van der Waals surface area contributed by atoms with E-state index in [2.05, 4.69) is 45.2 Å². The average molecular weight is 1830 g/mol. The fraction of sp³-hybridized carbons (Fsp3) is 1.00. The Balaban J connectivity index is 1.11. The van der Waals surface area contributed by atoms with Crippen LogP contribution in [0.4, 0.5) is 0 Å². The molecule has 0 unspecified atom stereocenters. The van der Waals surface area contributed by atoms with Crippen LogP contribution in [-0.2, 0) is 180 Å². The SMILES string of the molecule is COC[C@H]1O[C@@H]2O[C@H]3[C@H](OC)[C@@H](OC)[C@@H](O[C@H]4[C@H](OC)[C@@H](OC)[C@@H](O[C@H]5[C@H](OC)[C@@H](OC)[C@@H](O[C@H]6[C@H](OC)[C@@H](OC)[C@@H](O[C@H]7[C@H](OC)[C@@H](OC)[C@@H](O[C@H]8[C@H](OC)[C@@H](OC)[C@@H](O[C@H]9[C@H](OC)[C@@H](OC)[C@@H](O[C@H]1[C@H](OC)[C@H]2OC)O[C@@H]9CI)O[C@@H]8COC)O[C@@H]7COC)O[C@@H]6COC)O[C@@H]5CI)O[C@@H]4COC)O[C@@H]3COC. The van der Waals surface area contributed by atoms with Crippen LogP contribution in [0.5, 0.6) is 0 Å². The predicted molar refractivity (Wildman–Crippen MR) is 390 cm³/mol. The van der Waals surface area contributed by atoms with Gasteiger partial charge < -0.3 is 180 Å². The fourth-order valence-electron chi connectivity index (χ4n) is 16.6. The minimum absolute atomic E-state index is 0.0327. The van der Waals surface area contributed by atoms with Crippen molar-refractivity contribution in [2.24, 2.45) is 0 Å². The van der Waals surface area contributed by atoms with Gasteiger partial charge in [-0.1, -0.05) is 45.2 Å². The van der Waals surface area contributed by atoms with E-state index in [1.165, 1.54) is 156 Å². The van der Waals surface area contributed by atoms with Crippen LogP contribution in [0, 0.1) is 0 Å². The Labute approximate surface area is 672 Å². The van der Waals surface area contributed by atoms with Gasteiger partial charge in [-0.25, -0.2) is 0 Å². The van der Waals surface area contributed by atoms with Crippen molar-refractivity contribution < 1.29 is 180 Å². The number of hydrogen-bond acceptors (Lipinski definition) is 38. The van der Waals surface area contributed by atoms with Crippen LogP contribution in [-0.4, -0.2) is 451 Å². The minimum Gasteiger partial charge on any atom is -0.382 e. The molecule has 0 amide bonds. The Kier molecular flexibility index (Phi) is 39.3. The highest BCUT2D eigenvalue weighted by atomic mass is 127. The maximum Gasteiger partial charge on any atom is 0.187 e. The molecule has 0 aromatic heterocycles. The lowest BCUT2D eigenvalue weighted by atomic mass is 9.94. The molecule has 38 nitrogen and oxygen atoms in total. The fourth-order valence-corrected chi connectivity index (χ4v) is 18.0. The summed E-state index contributed by atoms with van der Waals surface area (Å²) in [6.45, 7) is -0.213. The number of ether oxygens (including phenoxy) is 38. The third-order valence-electron chi connectivity index (χ3n) is 21.7. The van der Waals surface area contributed by atoms with Crippen LogP contribution in [0.25, 0.3) is 0 Å². The van der Waals surface area contributed by atoms with Crippen molar-refractivity contribution in [3.8, 4) is 0 Å². The molecule has 0 spiro atoms. The van der Waals surface area contributed by atoms with E-state index >= 15 is 0 Å². The molecule has 0 saturated carbocycles. The molecule has 110 heavy (non-hydrogen) atoms. The summed E-state index contributed by atoms with van der Waals surface area (Å²) in [5.41, 5.74) is 0. The number of hydrogen-bond donors (Lipinski definition) is 0. The molecule has 40 atom stereocenters. The molecule has 0 aromatic rings. The normalized spacial score (nSPS) is 46.7. The number of alkyl halides is 2. The van der Waals surface area contributed by atoms with Gasteiger partial charge in [0, 0.05) is 165 Å². The highest BCUT2D eigenvalue weighted by molar-refractivity contribution is 14.1. The largest absolute Gasteiger partial charge is 0.382 e.